The molecule has 3 unspecified atom stereocenters. The van der Waals surface area contributed by atoms with E-state index in [1.807, 2.05) is 12.2 Å². The Hall–Kier alpha value is -1.74. The van der Waals surface area contributed by atoms with Crippen LogP contribution in [0, 0.1) is 5.92 Å². The Balaban J connectivity index is 4.77. The minimum atomic E-state index is -4.89. The normalized spacial score (nSPS) is 15.8. The third-order valence-electron chi connectivity index (χ3n) is 8.15. The van der Waals surface area contributed by atoms with Crippen molar-refractivity contribution in [1.82, 2.24) is 0 Å². The molecule has 0 amide bonds. The second-order valence-electron chi connectivity index (χ2n) is 14.0. The topological polar surface area (TPSA) is 236 Å². The molecule has 0 aliphatic carbocycles. The number of carbonyl (C=O) groups is 2. The van der Waals surface area contributed by atoms with Gasteiger partial charge in [0, 0.05) is 12.8 Å². The van der Waals surface area contributed by atoms with Gasteiger partial charge in [-0.2, -0.15) is 0 Å². The van der Waals surface area contributed by atoms with Crippen LogP contribution in [0.5, 0.6) is 0 Å². The van der Waals surface area contributed by atoms with E-state index in [0.29, 0.717) is 18.8 Å². The smallest absolute Gasteiger partial charge is 0.462 e. The Morgan fingerprint density at radius 3 is 1.85 bits per heavy atom. The Bertz CT molecular complexity index is 1170. The summed E-state index contributed by atoms with van der Waals surface area (Å²) in [4.78, 5) is 52.5. The number of hydrogen-bond acceptors (Lipinski definition) is 12. The Labute approximate surface area is 328 Å². The van der Waals surface area contributed by atoms with E-state index in [9.17, 15) is 38.9 Å². The highest BCUT2D eigenvalue weighted by atomic mass is 31.2. The lowest BCUT2D eigenvalue weighted by atomic mass is 10.0. The molecule has 0 bridgehead atoms. The first-order chi connectivity index (χ1) is 26.0. The first-order valence-electron chi connectivity index (χ1n) is 19.7. The van der Waals surface area contributed by atoms with Crippen LogP contribution in [-0.4, -0.2) is 92.8 Å². The molecule has 0 aromatic rings. The number of allylic oxidation sites excluding steroid dienone is 5. The summed E-state index contributed by atoms with van der Waals surface area (Å²) in [6.45, 7) is 3.55. The monoisotopic (exact) mass is 828 g/mol. The van der Waals surface area contributed by atoms with Gasteiger partial charge in [-0.1, -0.05) is 109 Å². The van der Waals surface area contributed by atoms with Crippen molar-refractivity contribution in [3.8, 4) is 0 Å². The van der Waals surface area contributed by atoms with E-state index in [2.05, 4.69) is 48.0 Å². The number of phosphoric ester groups is 2. The van der Waals surface area contributed by atoms with Crippen molar-refractivity contribution in [1.29, 1.82) is 0 Å². The van der Waals surface area contributed by atoms with Crippen LogP contribution in [0.3, 0.4) is 0 Å². The number of unbranched alkanes of at least 4 members (excludes halogenated alkanes) is 8. The maximum absolute atomic E-state index is 12.6. The number of esters is 2. The van der Waals surface area contributed by atoms with E-state index < -0.39 is 78.4 Å². The molecular weight excluding hydrogens is 758 g/mol. The van der Waals surface area contributed by atoms with E-state index in [-0.39, 0.29) is 32.1 Å². The number of rotatable bonds is 36. The van der Waals surface area contributed by atoms with Crippen molar-refractivity contribution in [3.05, 3.63) is 36.5 Å². The van der Waals surface area contributed by atoms with Crippen molar-refractivity contribution >= 4 is 27.6 Å². The summed E-state index contributed by atoms with van der Waals surface area (Å²) in [5.41, 5.74) is 0. The van der Waals surface area contributed by atoms with E-state index in [0.717, 1.165) is 44.9 Å². The lowest BCUT2D eigenvalue weighted by Gasteiger charge is -2.20. The fourth-order valence-corrected chi connectivity index (χ4v) is 6.14. The molecule has 15 nitrogen and oxygen atoms in total. The third-order valence-corrected chi connectivity index (χ3v) is 9.59. The van der Waals surface area contributed by atoms with Gasteiger partial charge in [-0.05, 0) is 57.3 Å². The SMILES string of the molecule is CCCCC/C=C\C/C=C\C/C=C\CC(O)C(O)CCCC(=O)OC[C@H](COP(=O)(O)OC[C@@H](O)COP(=O)(O)O)OC(=O)CCCCCCCCC(C)C. The quantitative estimate of drug-likeness (QED) is 0.0159. The van der Waals surface area contributed by atoms with Crippen molar-refractivity contribution in [3.63, 3.8) is 0 Å². The van der Waals surface area contributed by atoms with Crippen molar-refractivity contribution in [2.75, 3.05) is 26.4 Å². The molecule has 0 aliphatic rings. The van der Waals surface area contributed by atoms with Gasteiger partial charge in [-0.3, -0.25) is 23.2 Å². The van der Waals surface area contributed by atoms with Crippen molar-refractivity contribution in [2.24, 2.45) is 5.92 Å². The summed E-state index contributed by atoms with van der Waals surface area (Å²) in [6, 6.07) is 0. The molecule has 0 saturated heterocycles. The Kier molecular flexibility index (Phi) is 32.2. The van der Waals surface area contributed by atoms with Gasteiger partial charge in [0.2, 0.25) is 0 Å². The molecule has 322 valence electrons. The lowest BCUT2D eigenvalue weighted by molar-refractivity contribution is -0.161. The lowest BCUT2D eigenvalue weighted by Crippen LogP contribution is -2.30. The minimum absolute atomic E-state index is 0.0679. The van der Waals surface area contributed by atoms with E-state index in [1.165, 1.54) is 25.7 Å². The summed E-state index contributed by atoms with van der Waals surface area (Å²) >= 11 is 0. The molecule has 0 aromatic carbocycles. The van der Waals surface area contributed by atoms with Crippen LogP contribution in [0.25, 0.3) is 0 Å². The van der Waals surface area contributed by atoms with Gasteiger partial charge in [0.05, 0.1) is 32.0 Å². The molecule has 0 aromatic heterocycles. The number of ether oxygens (including phenoxy) is 2. The van der Waals surface area contributed by atoms with Crippen LogP contribution >= 0.6 is 15.6 Å². The van der Waals surface area contributed by atoms with Gasteiger partial charge >= 0.3 is 27.6 Å². The predicted molar refractivity (Wildman–Crippen MR) is 210 cm³/mol. The second-order valence-corrected chi connectivity index (χ2v) is 16.7. The number of phosphoric acid groups is 2. The van der Waals surface area contributed by atoms with Gasteiger partial charge < -0.3 is 39.5 Å². The van der Waals surface area contributed by atoms with Crippen LogP contribution in [0.2, 0.25) is 0 Å². The molecule has 55 heavy (non-hydrogen) atoms. The molecule has 0 radical (unpaired) electrons. The third kappa shape index (κ3) is 36.4. The van der Waals surface area contributed by atoms with E-state index in [1.54, 1.807) is 6.08 Å². The highest BCUT2D eigenvalue weighted by molar-refractivity contribution is 7.47. The molecule has 17 heteroatoms. The fraction of sp³-hybridized carbons (Fsp3) is 0.789. The van der Waals surface area contributed by atoms with Crippen molar-refractivity contribution in [2.45, 2.75) is 161 Å². The summed E-state index contributed by atoms with van der Waals surface area (Å²) in [5, 5.41) is 30.3. The number of aliphatic hydroxyl groups is 3. The van der Waals surface area contributed by atoms with Crippen LogP contribution in [0.4, 0.5) is 0 Å². The minimum Gasteiger partial charge on any atom is -0.462 e. The highest BCUT2D eigenvalue weighted by Gasteiger charge is 2.28. The molecule has 0 rings (SSSR count). The molecular formula is C38H70O15P2. The summed E-state index contributed by atoms with van der Waals surface area (Å²) < 4.78 is 47.3. The van der Waals surface area contributed by atoms with Crippen LogP contribution < -0.4 is 0 Å². The molecule has 0 heterocycles. The first-order valence-corrected chi connectivity index (χ1v) is 22.7. The number of hydrogen-bond donors (Lipinski definition) is 6. The largest absolute Gasteiger partial charge is 0.472 e. The average molecular weight is 829 g/mol. The van der Waals surface area contributed by atoms with E-state index in [4.69, 9.17) is 23.8 Å². The number of carbonyl (C=O) groups excluding carboxylic acids is 2. The highest BCUT2D eigenvalue weighted by Crippen LogP contribution is 2.43. The van der Waals surface area contributed by atoms with Gasteiger partial charge in [-0.25, -0.2) is 9.13 Å². The standard InChI is InChI=1S/C38H70O15P2/c1-4-5-6-7-8-9-10-11-12-13-17-20-24-35(40)36(41)25-22-27-37(42)49-30-34(53-38(43)26-21-18-15-14-16-19-23-32(2)3)31-52-55(47,48)51-29-33(39)28-50-54(44,45)46/h8-9,11-12,17,20,32-36,39-41H,4-7,10,13-16,18-19,21-31H2,1-3H3,(H,47,48)(H2,44,45,46)/b9-8-,12-11-,20-17-/t33-,34+,35?,36?/m0/s1. The van der Waals surface area contributed by atoms with E-state index >= 15 is 0 Å². The summed E-state index contributed by atoms with van der Waals surface area (Å²) in [5.74, 6) is -0.658. The molecule has 0 spiro atoms. The Morgan fingerprint density at radius 2 is 1.20 bits per heavy atom. The van der Waals surface area contributed by atoms with Crippen molar-refractivity contribution < 1.29 is 71.8 Å². The van der Waals surface area contributed by atoms with Crippen LogP contribution in [0.15, 0.2) is 36.5 Å². The summed E-state index contributed by atoms with van der Waals surface area (Å²) in [6.07, 6.45) is 20.9. The second kappa shape index (κ2) is 33.3. The number of aliphatic hydroxyl groups excluding tert-OH is 3. The molecule has 6 N–H and O–H groups in total. The summed E-state index contributed by atoms with van der Waals surface area (Å²) in [7, 11) is -9.75. The zero-order valence-corrected chi connectivity index (χ0v) is 34.9. The van der Waals surface area contributed by atoms with Crippen LogP contribution in [0.1, 0.15) is 136 Å². The maximum Gasteiger partial charge on any atom is 0.472 e. The fourth-order valence-electron chi connectivity index (χ4n) is 4.99. The van der Waals surface area contributed by atoms with Gasteiger partial charge in [0.1, 0.15) is 12.7 Å². The Morgan fingerprint density at radius 1 is 0.618 bits per heavy atom. The van der Waals surface area contributed by atoms with Gasteiger partial charge in [-0.15, -0.1) is 0 Å². The molecule has 0 aliphatic heterocycles. The van der Waals surface area contributed by atoms with Gasteiger partial charge in [0.25, 0.3) is 0 Å². The first kappa shape index (κ1) is 53.3. The maximum atomic E-state index is 12.6. The zero-order chi connectivity index (χ0) is 41.4. The average Bonchev–Trinajstić information content (AvgIpc) is 3.12. The zero-order valence-electron chi connectivity index (χ0n) is 33.2. The van der Waals surface area contributed by atoms with Crippen LogP contribution in [-0.2, 0) is 41.8 Å². The molecule has 5 atom stereocenters. The predicted octanol–water partition coefficient (Wildman–Crippen LogP) is 7.13. The van der Waals surface area contributed by atoms with Gasteiger partial charge in [0.15, 0.2) is 6.10 Å². The molecule has 0 saturated carbocycles. The molecule has 0 fully saturated rings.